The summed E-state index contributed by atoms with van der Waals surface area (Å²) in [5.41, 5.74) is 4.22. The lowest BCUT2D eigenvalue weighted by atomic mass is 9.79. The summed E-state index contributed by atoms with van der Waals surface area (Å²) in [7, 11) is 0. The Morgan fingerprint density at radius 3 is 2.90 bits per heavy atom. The Labute approximate surface area is 133 Å². The molecule has 1 atom stereocenters. The van der Waals surface area contributed by atoms with Crippen molar-refractivity contribution in [2.24, 2.45) is 0 Å². The molecule has 3 nitrogen and oxygen atoms in total. The van der Waals surface area contributed by atoms with Crippen molar-refractivity contribution in [1.82, 2.24) is 9.78 Å². The maximum Gasteiger partial charge on any atom is 0.0883 e. The summed E-state index contributed by atoms with van der Waals surface area (Å²) in [5, 5.41) is 14.4. The monoisotopic (exact) mass is 343 g/mol. The Bertz CT molecular complexity index is 726. The van der Waals surface area contributed by atoms with Gasteiger partial charge in [0.05, 0.1) is 27.3 Å². The average Bonchev–Trinajstić information content (AvgIpc) is 3.01. The van der Waals surface area contributed by atoms with Gasteiger partial charge in [-0.1, -0.05) is 24.3 Å². The van der Waals surface area contributed by atoms with E-state index in [0.717, 1.165) is 41.7 Å². The minimum Gasteiger partial charge on any atom is -0.268 e. The van der Waals surface area contributed by atoms with Crippen molar-refractivity contribution in [3.8, 4) is 6.07 Å². The van der Waals surface area contributed by atoms with Gasteiger partial charge in [-0.05, 0) is 53.7 Å². The second-order valence-corrected chi connectivity index (χ2v) is 6.48. The van der Waals surface area contributed by atoms with Gasteiger partial charge in [0.2, 0.25) is 0 Å². The van der Waals surface area contributed by atoms with Crippen LogP contribution < -0.4 is 0 Å². The molecule has 0 spiro atoms. The number of aromatic nitrogens is 2. The Kier molecular flexibility index (Phi) is 3.62. The van der Waals surface area contributed by atoms with E-state index in [-0.39, 0.29) is 0 Å². The molecule has 0 amide bonds. The molecule has 4 heteroatoms. The molecular weight excluding hydrogens is 326 g/mol. The number of fused-ring (bicyclic) bond motifs is 1. The second-order valence-electron chi connectivity index (χ2n) is 5.69. The maximum absolute atomic E-state index is 9.89. The van der Waals surface area contributed by atoms with Gasteiger partial charge in [0.1, 0.15) is 0 Å². The summed E-state index contributed by atoms with van der Waals surface area (Å²) in [6, 6.07) is 11.0. The van der Waals surface area contributed by atoms with Crippen LogP contribution in [-0.2, 0) is 24.8 Å². The first-order chi connectivity index (χ1) is 10.1. The first-order valence-electron chi connectivity index (χ1n) is 7.32. The molecule has 1 aliphatic carbocycles. The van der Waals surface area contributed by atoms with E-state index in [9.17, 15) is 5.26 Å². The fourth-order valence-electron chi connectivity index (χ4n) is 3.35. The molecule has 1 aromatic heterocycles. The standard InChI is InChI=1S/C17H18BrN3/c1-3-21-15(16(18)12(2)20-21)10-17(11-19)9-8-13-6-4-5-7-14(13)17/h4-7H,3,8-10H2,1-2H3. The smallest absolute Gasteiger partial charge is 0.0883 e. The minimum absolute atomic E-state index is 0.418. The summed E-state index contributed by atoms with van der Waals surface area (Å²) in [5.74, 6) is 0. The number of rotatable bonds is 3. The topological polar surface area (TPSA) is 41.6 Å². The highest BCUT2D eigenvalue weighted by atomic mass is 79.9. The van der Waals surface area contributed by atoms with Gasteiger partial charge in [0.15, 0.2) is 0 Å². The molecule has 0 saturated carbocycles. The third kappa shape index (κ3) is 2.20. The van der Waals surface area contributed by atoms with E-state index < -0.39 is 5.41 Å². The number of hydrogen-bond donors (Lipinski definition) is 0. The molecule has 1 aromatic carbocycles. The fraction of sp³-hybridized carbons (Fsp3) is 0.412. The van der Waals surface area contributed by atoms with E-state index >= 15 is 0 Å². The molecule has 0 fully saturated rings. The Morgan fingerprint density at radius 1 is 1.43 bits per heavy atom. The highest BCUT2D eigenvalue weighted by Crippen LogP contribution is 2.42. The lowest BCUT2D eigenvalue weighted by molar-refractivity contribution is 0.503. The zero-order chi connectivity index (χ0) is 15.0. The van der Waals surface area contributed by atoms with Crippen LogP contribution in [0, 0.1) is 18.3 Å². The van der Waals surface area contributed by atoms with E-state index in [1.165, 1.54) is 11.1 Å². The Morgan fingerprint density at radius 2 is 2.19 bits per heavy atom. The highest BCUT2D eigenvalue weighted by molar-refractivity contribution is 9.10. The van der Waals surface area contributed by atoms with Gasteiger partial charge in [-0.3, -0.25) is 4.68 Å². The summed E-state index contributed by atoms with van der Waals surface area (Å²) >= 11 is 3.65. The van der Waals surface area contributed by atoms with Gasteiger partial charge in [0.25, 0.3) is 0 Å². The number of nitriles is 1. The third-order valence-electron chi connectivity index (χ3n) is 4.49. The van der Waals surface area contributed by atoms with E-state index in [1.807, 2.05) is 17.7 Å². The number of aryl methyl sites for hydroxylation is 3. The molecule has 21 heavy (non-hydrogen) atoms. The Balaban J connectivity index is 2.07. The maximum atomic E-state index is 9.89. The van der Waals surface area contributed by atoms with E-state index in [1.54, 1.807) is 0 Å². The van der Waals surface area contributed by atoms with Crippen LogP contribution in [0.3, 0.4) is 0 Å². The van der Waals surface area contributed by atoms with Gasteiger partial charge in [0, 0.05) is 13.0 Å². The van der Waals surface area contributed by atoms with Gasteiger partial charge in [-0.2, -0.15) is 10.4 Å². The number of halogens is 1. The van der Waals surface area contributed by atoms with Crippen LogP contribution in [0.15, 0.2) is 28.7 Å². The molecule has 0 aliphatic heterocycles. The quantitative estimate of drug-likeness (QED) is 0.847. The second kappa shape index (κ2) is 5.31. The van der Waals surface area contributed by atoms with E-state index in [0.29, 0.717) is 0 Å². The van der Waals surface area contributed by atoms with Gasteiger partial charge in [-0.15, -0.1) is 0 Å². The van der Waals surface area contributed by atoms with Crippen molar-refractivity contribution in [2.45, 2.75) is 45.1 Å². The molecule has 108 valence electrons. The lowest BCUT2D eigenvalue weighted by Crippen LogP contribution is -2.25. The zero-order valence-corrected chi connectivity index (χ0v) is 13.9. The first-order valence-corrected chi connectivity index (χ1v) is 8.12. The molecule has 0 saturated heterocycles. The molecular formula is C17H18BrN3. The SMILES string of the molecule is CCn1nc(C)c(Br)c1CC1(C#N)CCc2ccccc21. The molecule has 3 rings (SSSR count). The molecule has 2 aromatic rings. The minimum atomic E-state index is -0.418. The van der Waals surface area contributed by atoms with Crippen molar-refractivity contribution in [3.05, 3.63) is 51.3 Å². The summed E-state index contributed by atoms with van der Waals surface area (Å²) < 4.78 is 3.06. The lowest BCUT2D eigenvalue weighted by Gasteiger charge is -2.23. The van der Waals surface area contributed by atoms with E-state index in [2.05, 4.69) is 52.2 Å². The number of hydrogen-bond acceptors (Lipinski definition) is 2. The zero-order valence-electron chi connectivity index (χ0n) is 12.4. The van der Waals surface area contributed by atoms with Crippen LogP contribution in [0.5, 0.6) is 0 Å². The van der Waals surface area contributed by atoms with Crippen LogP contribution in [0.25, 0.3) is 0 Å². The first kappa shape index (κ1) is 14.3. The van der Waals surface area contributed by atoms with E-state index in [4.69, 9.17) is 0 Å². The fourth-order valence-corrected chi connectivity index (χ4v) is 3.78. The van der Waals surface area contributed by atoms with Crippen LogP contribution in [0.1, 0.15) is 35.9 Å². The molecule has 1 heterocycles. The van der Waals surface area contributed by atoms with Crippen molar-refractivity contribution >= 4 is 15.9 Å². The molecule has 1 aliphatic rings. The van der Waals surface area contributed by atoms with Crippen molar-refractivity contribution in [3.63, 3.8) is 0 Å². The molecule has 0 bridgehead atoms. The van der Waals surface area contributed by atoms with Gasteiger partial charge in [-0.25, -0.2) is 0 Å². The number of nitrogens with zero attached hydrogens (tertiary/aromatic N) is 3. The normalized spacial score (nSPS) is 20.3. The molecule has 0 radical (unpaired) electrons. The average molecular weight is 344 g/mol. The largest absolute Gasteiger partial charge is 0.268 e. The summed E-state index contributed by atoms with van der Waals surface area (Å²) in [4.78, 5) is 0. The third-order valence-corrected chi connectivity index (χ3v) is 5.52. The van der Waals surface area contributed by atoms with Crippen LogP contribution in [0.2, 0.25) is 0 Å². The highest BCUT2D eigenvalue weighted by Gasteiger charge is 2.40. The predicted octanol–water partition coefficient (Wildman–Crippen LogP) is 3.92. The predicted molar refractivity (Wildman–Crippen MR) is 86.1 cm³/mol. The Hall–Kier alpha value is -1.60. The van der Waals surface area contributed by atoms with Crippen molar-refractivity contribution in [2.75, 3.05) is 0 Å². The van der Waals surface area contributed by atoms with Gasteiger partial charge < -0.3 is 0 Å². The molecule has 1 unspecified atom stereocenters. The van der Waals surface area contributed by atoms with Gasteiger partial charge >= 0.3 is 0 Å². The van der Waals surface area contributed by atoms with Crippen LogP contribution in [-0.4, -0.2) is 9.78 Å². The molecule has 0 N–H and O–H groups in total. The summed E-state index contributed by atoms with van der Waals surface area (Å²) in [6.45, 7) is 4.91. The van der Waals surface area contributed by atoms with Crippen LogP contribution >= 0.6 is 15.9 Å². The number of benzene rings is 1. The van der Waals surface area contributed by atoms with Crippen LogP contribution in [0.4, 0.5) is 0 Å². The van der Waals surface area contributed by atoms with Crippen molar-refractivity contribution in [1.29, 1.82) is 5.26 Å². The van der Waals surface area contributed by atoms with Crippen molar-refractivity contribution < 1.29 is 0 Å². The summed E-state index contributed by atoms with van der Waals surface area (Å²) in [6.07, 6.45) is 2.60.